The average molecular weight is 886 g/mol. The van der Waals surface area contributed by atoms with Crippen LogP contribution >= 0.6 is 23.2 Å². The lowest BCUT2D eigenvalue weighted by atomic mass is 10.1. The zero-order valence-electron chi connectivity index (χ0n) is 30.1. The van der Waals surface area contributed by atoms with E-state index in [-0.39, 0.29) is 55.4 Å². The van der Waals surface area contributed by atoms with E-state index in [1.807, 2.05) is 0 Å². The highest BCUT2D eigenvalue weighted by atomic mass is 35.5. The molecule has 0 aliphatic rings. The minimum Gasteiger partial charge on any atom is -0.505 e. The first-order valence-corrected chi connectivity index (χ1v) is 20.7. The number of aromatic hydroxyl groups is 2. The molecule has 60 heavy (non-hydrogen) atoms. The topological polar surface area (TPSA) is 257 Å². The van der Waals surface area contributed by atoms with Crippen LogP contribution in [-0.4, -0.2) is 48.0 Å². The molecule has 0 saturated heterocycles. The van der Waals surface area contributed by atoms with Crippen LogP contribution in [0.3, 0.4) is 0 Å². The lowest BCUT2D eigenvalue weighted by molar-refractivity contribution is 0.101. The van der Waals surface area contributed by atoms with Crippen LogP contribution in [0.4, 0.5) is 34.1 Å². The van der Waals surface area contributed by atoms with Crippen LogP contribution in [0.2, 0.25) is 10.0 Å². The number of carbonyl (C=O) groups is 2. The highest BCUT2D eigenvalue weighted by molar-refractivity contribution is 7.86. The van der Waals surface area contributed by atoms with Crippen molar-refractivity contribution in [3.8, 4) is 11.5 Å². The molecule has 0 fully saturated rings. The lowest BCUT2D eigenvalue weighted by Crippen LogP contribution is -2.14. The number of hydrogen-bond acceptors (Lipinski definition) is 12. The number of anilines is 2. The standard InChI is InChI=1S/C40H26Cl2N6O10S2/c41-25-7-13-27(14-8-25)45-47-35-33(59(53,54)55)17-23-5-11-29(19-31(23)37(35)49)43-39(51)21-1-2-22(4-3-21)40(52)44-30-12-6-24-18-34(60(56,57)58)36(38(50)32(24)20-30)48-46-28-15-9-26(42)10-16-28/h1-20,49-50H,(H,43,51)(H,44,52)(H,53,54,55)(H,56,57,58). The second-order valence-corrected chi connectivity index (χ2v) is 16.5. The molecule has 0 bridgehead atoms. The second-order valence-electron chi connectivity index (χ2n) is 12.8. The van der Waals surface area contributed by atoms with Crippen LogP contribution in [0.5, 0.6) is 11.5 Å². The van der Waals surface area contributed by atoms with Crippen molar-refractivity contribution in [1.29, 1.82) is 0 Å². The fourth-order valence-electron chi connectivity index (χ4n) is 5.83. The van der Waals surface area contributed by atoms with Crippen LogP contribution < -0.4 is 10.6 Å². The molecule has 0 unspecified atom stereocenters. The van der Waals surface area contributed by atoms with Crippen molar-refractivity contribution in [2.24, 2.45) is 20.5 Å². The Hall–Kier alpha value is -6.80. The third-order valence-corrected chi connectivity index (χ3v) is 11.0. The predicted molar refractivity (Wildman–Crippen MR) is 224 cm³/mol. The Labute approximate surface area is 350 Å². The van der Waals surface area contributed by atoms with Gasteiger partial charge in [0.05, 0.1) is 11.4 Å². The summed E-state index contributed by atoms with van der Waals surface area (Å²) in [5.41, 5.74) is 0.160. The van der Waals surface area contributed by atoms with Gasteiger partial charge in [-0.15, -0.1) is 10.2 Å². The van der Waals surface area contributed by atoms with Crippen molar-refractivity contribution < 1.29 is 45.7 Å². The van der Waals surface area contributed by atoms with Gasteiger partial charge in [-0.25, -0.2) is 0 Å². The fraction of sp³-hybridized carbons (Fsp3) is 0. The summed E-state index contributed by atoms with van der Waals surface area (Å²) in [5, 5.41) is 44.6. The summed E-state index contributed by atoms with van der Waals surface area (Å²) in [7, 11) is -9.72. The molecule has 302 valence electrons. The van der Waals surface area contributed by atoms with Gasteiger partial charge in [0.1, 0.15) is 21.2 Å². The van der Waals surface area contributed by atoms with E-state index >= 15 is 0 Å². The monoisotopic (exact) mass is 884 g/mol. The minimum absolute atomic E-state index is 0.0803. The maximum absolute atomic E-state index is 13.2. The Balaban J connectivity index is 1.09. The normalized spacial score (nSPS) is 12.1. The van der Waals surface area contributed by atoms with Gasteiger partial charge >= 0.3 is 0 Å². The molecule has 0 radical (unpaired) electrons. The summed E-state index contributed by atoms with van der Waals surface area (Å²) in [6.07, 6.45) is 0. The Bertz CT molecular complexity index is 2950. The van der Waals surface area contributed by atoms with Gasteiger partial charge in [0, 0.05) is 43.3 Å². The number of hydrogen-bond donors (Lipinski definition) is 6. The summed E-state index contributed by atoms with van der Waals surface area (Å²) in [6, 6.07) is 28.3. The van der Waals surface area contributed by atoms with Crippen LogP contribution in [0, 0.1) is 0 Å². The number of fused-ring (bicyclic) bond motifs is 2. The molecule has 7 rings (SSSR count). The summed E-state index contributed by atoms with van der Waals surface area (Å²) in [5.74, 6) is -2.46. The van der Waals surface area contributed by atoms with Crippen molar-refractivity contribution >= 4 is 111 Å². The fourth-order valence-corrected chi connectivity index (χ4v) is 7.40. The second kappa shape index (κ2) is 16.5. The van der Waals surface area contributed by atoms with Crippen molar-refractivity contribution in [3.63, 3.8) is 0 Å². The molecule has 7 aromatic rings. The van der Waals surface area contributed by atoms with Crippen molar-refractivity contribution in [2.75, 3.05) is 10.6 Å². The Morgan fingerprint density at radius 3 is 1.17 bits per heavy atom. The van der Waals surface area contributed by atoms with E-state index < -0.39 is 64.7 Å². The number of nitrogens with one attached hydrogen (secondary N) is 2. The van der Waals surface area contributed by atoms with E-state index in [9.17, 15) is 45.7 Å². The average Bonchev–Trinajstić information content (AvgIpc) is 3.21. The SMILES string of the molecule is O=C(Nc1ccc2cc(S(=O)(=O)O)c(N=Nc3ccc(Cl)cc3)c(O)c2c1)c1ccc(C(=O)Nc2ccc3cc(S(=O)(=O)O)c(N=Nc4ccc(Cl)cc4)c(O)c3c2)cc1. The molecule has 0 aliphatic heterocycles. The van der Waals surface area contributed by atoms with E-state index in [1.54, 1.807) is 0 Å². The summed E-state index contributed by atoms with van der Waals surface area (Å²) >= 11 is 11.8. The number of benzene rings is 7. The number of rotatable bonds is 10. The molecule has 0 aliphatic carbocycles. The van der Waals surface area contributed by atoms with Gasteiger partial charge in [0.15, 0.2) is 11.5 Å². The first-order valence-electron chi connectivity index (χ1n) is 17.1. The number of phenols is 2. The Morgan fingerprint density at radius 2 is 0.833 bits per heavy atom. The van der Waals surface area contributed by atoms with Crippen LogP contribution in [-0.2, 0) is 20.2 Å². The number of nitrogens with zero attached hydrogens (tertiary/aromatic N) is 4. The largest absolute Gasteiger partial charge is 0.505 e. The first-order chi connectivity index (χ1) is 28.4. The quantitative estimate of drug-likeness (QED) is 0.0559. The molecule has 0 spiro atoms. The van der Waals surface area contributed by atoms with Crippen molar-refractivity contribution in [1.82, 2.24) is 0 Å². The number of carbonyl (C=O) groups excluding carboxylic acids is 2. The first kappa shape index (κ1) is 41.4. The molecular formula is C40H26Cl2N6O10S2. The molecule has 20 heteroatoms. The van der Waals surface area contributed by atoms with E-state index in [2.05, 4.69) is 31.1 Å². The molecule has 16 nitrogen and oxygen atoms in total. The Morgan fingerprint density at radius 1 is 0.483 bits per heavy atom. The highest BCUT2D eigenvalue weighted by Crippen LogP contribution is 2.44. The molecule has 2 amide bonds. The number of halogens is 2. The van der Waals surface area contributed by atoms with Crippen LogP contribution in [0.1, 0.15) is 20.7 Å². The Kier molecular flexibility index (Phi) is 11.3. The van der Waals surface area contributed by atoms with Gasteiger partial charge in [0.25, 0.3) is 32.1 Å². The lowest BCUT2D eigenvalue weighted by Gasteiger charge is -2.12. The molecule has 7 aromatic carbocycles. The van der Waals surface area contributed by atoms with E-state index in [0.29, 0.717) is 10.0 Å². The summed E-state index contributed by atoms with van der Waals surface area (Å²) in [4.78, 5) is 25.1. The maximum atomic E-state index is 13.2. The molecule has 0 aromatic heterocycles. The van der Waals surface area contributed by atoms with E-state index in [1.165, 1.54) is 109 Å². The van der Waals surface area contributed by atoms with Gasteiger partial charge in [-0.1, -0.05) is 35.3 Å². The van der Waals surface area contributed by atoms with Crippen LogP contribution in [0.25, 0.3) is 21.5 Å². The zero-order chi connectivity index (χ0) is 42.9. The van der Waals surface area contributed by atoms with Gasteiger partial charge in [-0.2, -0.15) is 27.1 Å². The number of amides is 2. The van der Waals surface area contributed by atoms with Crippen molar-refractivity contribution in [2.45, 2.75) is 9.79 Å². The van der Waals surface area contributed by atoms with Crippen LogP contribution in [0.15, 0.2) is 152 Å². The third kappa shape index (κ3) is 9.08. The van der Waals surface area contributed by atoms with Gasteiger partial charge in [-0.3, -0.25) is 18.7 Å². The molecule has 6 N–H and O–H groups in total. The smallest absolute Gasteiger partial charge is 0.296 e. The maximum Gasteiger partial charge on any atom is 0.296 e. The highest BCUT2D eigenvalue weighted by Gasteiger charge is 2.24. The van der Waals surface area contributed by atoms with E-state index in [4.69, 9.17) is 23.2 Å². The van der Waals surface area contributed by atoms with Gasteiger partial charge in [0.2, 0.25) is 0 Å². The third-order valence-electron chi connectivity index (χ3n) is 8.77. The molecule has 0 atom stereocenters. The molecule has 0 saturated carbocycles. The molecular weight excluding hydrogens is 860 g/mol. The predicted octanol–water partition coefficient (Wildman–Crippen LogP) is 10.5. The molecule has 0 heterocycles. The minimum atomic E-state index is -4.86. The van der Waals surface area contributed by atoms with Crippen molar-refractivity contribution in [3.05, 3.63) is 142 Å². The van der Waals surface area contributed by atoms with Gasteiger partial charge in [-0.05, 0) is 120 Å². The van der Waals surface area contributed by atoms with Gasteiger partial charge < -0.3 is 20.8 Å². The zero-order valence-corrected chi connectivity index (χ0v) is 33.3. The number of azo groups is 2. The summed E-state index contributed by atoms with van der Waals surface area (Å²) in [6.45, 7) is 0. The number of phenolic OH excluding ortho intramolecular Hbond substituents is 2. The van der Waals surface area contributed by atoms with E-state index in [0.717, 1.165) is 12.1 Å². The summed E-state index contributed by atoms with van der Waals surface area (Å²) < 4.78 is 68.6.